The maximum Gasteiger partial charge on any atom is 0.407 e. The number of ether oxygens (including phenoxy) is 1. The Morgan fingerprint density at radius 3 is 2.88 bits per heavy atom. The van der Waals surface area contributed by atoms with Crippen LogP contribution in [0.5, 0.6) is 0 Å². The van der Waals surface area contributed by atoms with Crippen LogP contribution in [-0.4, -0.2) is 29.4 Å². The van der Waals surface area contributed by atoms with Crippen LogP contribution in [0.25, 0.3) is 0 Å². The van der Waals surface area contributed by atoms with Crippen molar-refractivity contribution >= 4 is 6.09 Å². The Kier molecular flexibility index (Phi) is 5.00. The average molecular weight is 241 g/mol. The first-order valence-corrected chi connectivity index (χ1v) is 6.22. The van der Waals surface area contributed by atoms with Gasteiger partial charge >= 0.3 is 6.09 Å². The third-order valence-electron chi connectivity index (χ3n) is 2.60. The zero-order chi connectivity index (χ0) is 12.9. The van der Waals surface area contributed by atoms with Crippen molar-refractivity contribution in [2.75, 3.05) is 6.54 Å². The molecule has 0 radical (unpaired) electrons. The lowest BCUT2D eigenvalue weighted by molar-refractivity contribution is 0.0527. The summed E-state index contributed by atoms with van der Waals surface area (Å²) in [5.41, 5.74) is 0.570. The van der Waals surface area contributed by atoms with Crippen molar-refractivity contribution < 1.29 is 14.6 Å². The minimum Gasteiger partial charge on any atom is -0.444 e. The summed E-state index contributed by atoms with van der Waals surface area (Å²) in [5.74, 6) is 0. The third kappa shape index (κ3) is 5.73. The van der Waals surface area contributed by atoms with Crippen molar-refractivity contribution in [3.05, 3.63) is 11.6 Å². The van der Waals surface area contributed by atoms with Crippen molar-refractivity contribution in [2.45, 2.75) is 58.2 Å². The zero-order valence-corrected chi connectivity index (χ0v) is 11.0. The van der Waals surface area contributed by atoms with Gasteiger partial charge in [0.2, 0.25) is 0 Å². The molecular weight excluding hydrogens is 218 g/mol. The first-order chi connectivity index (χ1) is 7.88. The molecule has 98 valence electrons. The lowest BCUT2D eigenvalue weighted by Crippen LogP contribution is -2.33. The van der Waals surface area contributed by atoms with E-state index >= 15 is 0 Å². The number of alkyl carbamates (subject to hydrolysis) is 1. The number of aliphatic hydroxyl groups is 1. The Balaban J connectivity index is 2.23. The third-order valence-corrected chi connectivity index (χ3v) is 2.60. The Labute approximate surface area is 103 Å². The molecule has 1 aliphatic rings. The van der Waals surface area contributed by atoms with Crippen LogP contribution in [0.1, 0.15) is 46.5 Å². The van der Waals surface area contributed by atoms with Crippen molar-refractivity contribution in [3.63, 3.8) is 0 Å². The number of hydrogen-bond donors (Lipinski definition) is 2. The van der Waals surface area contributed by atoms with Gasteiger partial charge in [-0.2, -0.15) is 0 Å². The van der Waals surface area contributed by atoms with Gasteiger partial charge in [-0.05, 0) is 52.0 Å². The molecule has 1 atom stereocenters. The highest BCUT2D eigenvalue weighted by atomic mass is 16.6. The molecule has 1 aliphatic carbocycles. The van der Waals surface area contributed by atoms with Gasteiger partial charge in [-0.25, -0.2) is 4.79 Å². The molecule has 4 nitrogen and oxygen atoms in total. The van der Waals surface area contributed by atoms with Crippen molar-refractivity contribution in [2.24, 2.45) is 0 Å². The minimum absolute atomic E-state index is 0.329. The van der Waals surface area contributed by atoms with Gasteiger partial charge in [-0.3, -0.25) is 0 Å². The van der Waals surface area contributed by atoms with Crippen LogP contribution in [0.15, 0.2) is 11.6 Å². The van der Waals surface area contributed by atoms with Gasteiger partial charge in [-0.1, -0.05) is 6.08 Å². The number of amides is 1. The summed E-state index contributed by atoms with van der Waals surface area (Å²) in [6, 6.07) is 0. The Morgan fingerprint density at radius 2 is 2.29 bits per heavy atom. The maximum atomic E-state index is 11.4. The van der Waals surface area contributed by atoms with Crippen LogP contribution < -0.4 is 5.32 Å². The van der Waals surface area contributed by atoms with Crippen LogP contribution in [0, 0.1) is 0 Å². The lowest BCUT2D eigenvalue weighted by Gasteiger charge is -2.21. The molecule has 0 aliphatic heterocycles. The normalized spacial score (nSPS) is 20.7. The highest BCUT2D eigenvalue weighted by Gasteiger charge is 2.17. The molecule has 17 heavy (non-hydrogen) atoms. The number of carbonyl (C=O) groups is 1. The fraction of sp³-hybridized carbons (Fsp3) is 0.769. The molecule has 0 aromatic heterocycles. The van der Waals surface area contributed by atoms with E-state index in [1.165, 1.54) is 0 Å². The number of carbonyl (C=O) groups excluding carboxylic acids is 1. The molecule has 0 spiro atoms. The molecule has 1 rings (SSSR count). The molecule has 0 bridgehead atoms. The largest absolute Gasteiger partial charge is 0.444 e. The van der Waals surface area contributed by atoms with Gasteiger partial charge in [-0.15, -0.1) is 0 Å². The highest BCUT2D eigenvalue weighted by Crippen LogP contribution is 2.20. The van der Waals surface area contributed by atoms with Crippen molar-refractivity contribution in [3.8, 4) is 0 Å². The van der Waals surface area contributed by atoms with Gasteiger partial charge in [0.25, 0.3) is 0 Å². The Morgan fingerprint density at radius 1 is 1.59 bits per heavy atom. The van der Waals surface area contributed by atoms with E-state index in [-0.39, 0.29) is 6.10 Å². The van der Waals surface area contributed by atoms with E-state index in [2.05, 4.69) is 11.4 Å². The average Bonchev–Trinajstić information content (AvgIpc) is 2.18. The van der Waals surface area contributed by atoms with Gasteiger partial charge in [0, 0.05) is 6.54 Å². The number of hydrogen-bond acceptors (Lipinski definition) is 3. The first kappa shape index (κ1) is 14.0. The summed E-state index contributed by atoms with van der Waals surface area (Å²) in [4.78, 5) is 11.4. The summed E-state index contributed by atoms with van der Waals surface area (Å²) in [6.07, 6.45) is 4.94. The molecule has 0 unspecified atom stereocenters. The standard InChI is InChI=1S/C13H23NO3/c1-13(2,3)17-12(16)14-9-8-10-6-4-5-7-11(10)15/h6,11,15H,4-5,7-9H2,1-3H3,(H,14,16)/t11-/m1/s1. The molecule has 0 saturated heterocycles. The van der Waals surface area contributed by atoms with Gasteiger partial charge in [0.05, 0.1) is 6.10 Å². The molecule has 0 saturated carbocycles. The first-order valence-electron chi connectivity index (χ1n) is 6.22. The second-order valence-electron chi connectivity index (χ2n) is 5.40. The SMILES string of the molecule is CC(C)(C)OC(=O)NCCC1=CCCC[C@H]1O. The molecule has 0 aromatic carbocycles. The Bertz CT molecular complexity index is 292. The predicted molar refractivity (Wildman–Crippen MR) is 66.8 cm³/mol. The van der Waals surface area contributed by atoms with E-state index in [1.807, 2.05) is 20.8 Å². The van der Waals surface area contributed by atoms with E-state index < -0.39 is 11.7 Å². The van der Waals surface area contributed by atoms with Crippen LogP contribution in [0.2, 0.25) is 0 Å². The fourth-order valence-corrected chi connectivity index (χ4v) is 1.81. The van der Waals surface area contributed by atoms with Crippen LogP contribution in [0.3, 0.4) is 0 Å². The molecule has 0 fully saturated rings. The number of allylic oxidation sites excluding steroid dienone is 1. The predicted octanol–water partition coefficient (Wildman–Crippen LogP) is 2.37. The summed E-state index contributed by atoms with van der Waals surface area (Å²) >= 11 is 0. The molecular formula is C13H23NO3. The topological polar surface area (TPSA) is 58.6 Å². The summed E-state index contributed by atoms with van der Waals surface area (Å²) < 4.78 is 5.12. The molecule has 4 heteroatoms. The Hall–Kier alpha value is -1.03. The molecule has 0 heterocycles. The van der Waals surface area contributed by atoms with E-state index in [1.54, 1.807) is 0 Å². The smallest absolute Gasteiger partial charge is 0.407 e. The van der Waals surface area contributed by atoms with Gasteiger partial charge < -0.3 is 15.2 Å². The number of nitrogens with one attached hydrogen (secondary N) is 1. The summed E-state index contributed by atoms with van der Waals surface area (Å²) in [6.45, 7) is 6.01. The van der Waals surface area contributed by atoms with Crippen LogP contribution in [-0.2, 0) is 4.74 Å². The molecule has 2 N–H and O–H groups in total. The van der Waals surface area contributed by atoms with E-state index in [0.717, 1.165) is 24.8 Å². The van der Waals surface area contributed by atoms with Crippen LogP contribution >= 0.6 is 0 Å². The van der Waals surface area contributed by atoms with Crippen molar-refractivity contribution in [1.29, 1.82) is 0 Å². The highest BCUT2D eigenvalue weighted by molar-refractivity contribution is 5.67. The maximum absolute atomic E-state index is 11.4. The second-order valence-corrected chi connectivity index (χ2v) is 5.40. The summed E-state index contributed by atoms with van der Waals surface area (Å²) in [7, 11) is 0. The monoisotopic (exact) mass is 241 g/mol. The van der Waals surface area contributed by atoms with Crippen LogP contribution in [0.4, 0.5) is 4.79 Å². The van der Waals surface area contributed by atoms with Crippen molar-refractivity contribution in [1.82, 2.24) is 5.32 Å². The lowest BCUT2D eigenvalue weighted by atomic mass is 9.94. The minimum atomic E-state index is -0.465. The quantitative estimate of drug-likeness (QED) is 0.746. The second kappa shape index (κ2) is 6.05. The fourth-order valence-electron chi connectivity index (χ4n) is 1.81. The van der Waals surface area contributed by atoms with Gasteiger partial charge in [0.15, 0.2) is 0 Å². The van der Waals surface area contributed by atoms with Gasteiger partial charge in [0.1, 0.15) is 5.60 Å². The zero-order valence-electron chi connectivity index (χ0n) is 11.0. The molecule has 1 amide bonds. The molecule has 0 aromatic rings. The number of rotatable bonds is 3. The number of aliphatic hydroxyl groups excluding tert-OH is 1. The van der Waals surface area contributed by atoms with E-state index in [9.17, 15) is 9.90 Å². The van der Waals surface area contributed by atoms with E-state index in [0.29, 0.717) is 13.0 Å². The van der Waals surface area contributed by atoms with E-state index in [4.69, 9.17) is 4.74 Å². The summed E-state index contributed by atoms with van der Waals surface area (Å²) in [5, 5.41) is 12.4.